The molecule has 22 heavy (non-hydrogen) atoms. The summed E-state index contributed by atoms with van der Waals surface area (Å²) in [5, 5.41) is 6.83. The smallest absolute Gasteiger partial charge is 0.227 e. The van der Waals surface area contributed by atoms with Crippen molar-refractivity contribution in [1.29, 1.82) is 0 Å². The molecule has 1 amide bonds. The van der Waals surface area contributed by atoms with Crippen LogP contribution in [-0.4, -0.2) is 30.1 Å². The Morgan fingerprint density at radius 3 is 3.00 bits per heavy atom. The second-order valence-corrected chi connectivity index (χ2v) is 6.11. The fourth-order valence-corrected chi connectivity index (χ4v) is 2.57. The normalized spacial score (nSPS) is 11.1. The summed E-state index contributed by atoms with van der Waals surface area (Å²) < 4.78 is 11.1. The number of carbonyl (C=O) groups excluding carboxylic acids is 1. The van der Waals surface area contributed by atoms with Crippen LogP contribution in [0.15, 0.2) is 21.2 Å². The van der Waals surface area contributed by atoms with Gasteiger partial charge in [-0.2, -0.15) is 11.3 Å². The van der Waals surface area contributed by atoms with Gasteiger partial charge in [-0.1, -0.05) is 0 Å². The number of carbonyl (C=O) groups is 1. The second-order valence-electron chi connectivity index (χ2n) is 5.33. The van der Waals surface area contributed by atoms with Gasteiger partial charge in [0.15, 0.2) is 0 Å². The van der Waals surface area contributed by atoms with Gasteiger partial charge in [-0.15, -0.1) is 0 Å². The van der Waals surface area contributed by atoms with E-state index in [0.717, 1.165) is 12.0 Å². The fraction of sp³-hybridized carbons (Fsp3) is 0.500. The molecule has 0 saturated heterocycles. The molecule has 0 saturated carbocycles. The Morgan fingerprint density at radius 2 is 2.32 bits per heavy atom. The van der Waals surface area contributed by atoms with E-state index in [1.54, 1.807) is 11.3 Å². The maximum Gasteiger partial charge on any atom is 0.227 e. The Bertz CT molecular complexity index is 591. The number of aryl methyl sites for hydroxylation is 1. The van der Waals surface area contributed by atoms with Crippen molar-refractivity contribution in [3.63, 3.8) is 0 Å². The highest BCUT2D eigenvalue weighted by Crippen LogP contribution is 2.23. The molecule has 2 aromatic rings. The summed E-state index contributed by atoms with van der Waals surface area (Å²) in [5.74, 6) is 1.23. The van der Waals surface area contributed by atoms with Gasteiger partial charge in [-0.25, -0.2) is 4.98 Å². The molecular formula is C16H22N2O3S. The minimum Gasteiger partial charge on any atom is -0.441 e. The third-order valence-corrected chi connectivity index (χ3v) is 3.77. The molecular weight excluding hydrogens is 300 g/mol. The van der Waals surface area contributed by atoms with E-state index in [1.807, 2.05) is 37.6 Å². The fourth-order valence-electron chi connectivity index (χ4n) is 1.94. The van der Waals surface area contributed by atoms with Crippen molar-refractivity contribution >= 4 is 17.2 Å². The monoisotopic (exact) mass is 322 g/mol. The summed E-state index contributed by atoms with van der Waals surface area (Å²) in [4.78, 5) is 16.3. The van der Waals surface area contributed by atoms with Gasteiger partial charge in [0, 0.05) is 24.1 Å². The zero-order valence-corrected chi connectivity index (χ0v) is 14.0. The lowest BCUT2D eigenvalue weighted by Crippen LogP contribution is -2.27. The molecule has 2 heterocycles. The molecule has 120 valence electrons. The number of amides is 1. The molecule has 5 nitrogen and oxygen atoms in total. The number of hydrogen-bond donors (Lipinski definition) is 1. The first-order valence-electron chi connectivity index (χ1n) is 7.43. The highest BCUT2D eigenvalue weighted by Gasteiger charge is 2.14. The Kier molecular flexibility index (Phi) is 6.15. The van der Waals surface area contributed by atoms with Crippen LogP contribution in [-0.2, 0) is 16.0 Å². The molecule has 0 bridgehead atoms. The summed E-state index contributed by atoms with van der Waals surface area (Å²) >= 11 is 1.59. The highest BCUT2D eigenvalue weighted by atomic mass is 32.1. The average molecular weight is 322 g/mol. The van der Waals surface area contributed by atoms with Crippen LogP contribution in [0, 0.1) is 6.92 Å². The van der Waals surface area contributed by atoms with Crippen LogP contribution in [0.2, 0.25) is 0 Å². The highest BCUT2D eigenvalue weighted by molar-refractivity contribution is 7.08. The Labute approximate surface area is 134 Å². The van der Waals surface area contributed by atoms with Crippen molar-refractivity contribution in [2.75, 3.05) is 13.2 Å². The molecule has 0 aliphatic heterocycles. The molecule has 0 atom stereocenters. The topological polar surface area (TPSA) is 64.4 Å². The van der Waals surface area contributed by atoms with Crippen molar-refractivity contribution in [1.82, 2.24) is 10.3 Å². The van der Waals surface area contributed by atoms with Gasteiger partial charge in [-0.3, -0.25) is 4.79 Å². The average Bonchev–Trinajstić information content (AvgIpc) is 3.08. The molecule has 1 N–H and O–H groups in total. The van der Waals surface area contributed by atoms with Crippen LogP contribution < -0.4 is 5.32 Å². The van der Waals surface area contributed by atoms with Gasteiger partial charge in [-0.05, 0) is 38.6 Å². The standard InChI is InChI=1S/C16H22N2O3S/c1-11(2)20-7-4-6-17-15(19)9-14-12(3)21-16(18-14)13-5-8-22-10-13/h5,8,10-11H,4,6-7,9H2,1-3H3,(H,17,19). The maximum atomic E-state index is 11.9. The summed E-state index contributed by atoms with van der Waals surface area (Å²) in [6.07, 6.45) is 1.27. The number of hydrogen-bond acceptors (Lipinski definition) is 5. The van der Waals surface area contributed by atoms with Crippen LogP contribution in [0.5, 0.6) is 0 Å². The summed E-state index contributed by atoms with van der Waals surface area (Å²) in [5.41, 5.74) is 1.64. The zero-order chi connectivity index (χ0) is 15.9. The van der Waals surface area contributed by atoms with Crippen LogP contribution >= 0.6 is 11.3 Å². The molecule has 2 rings (SSSR count). The molecule has 0 aliphatic rings. The van der Waals surface area contributed by atoms with E-state index < -0.39 is 0 Å². The van der Waals surface area contributed by atoms with E-state index >= 15 is 0 Å². The first kappa shape index (κ1) is 16.7. The van der Waals surface area contributed by atoms with Gasteiger partial charge in [0.2, 0.25) is 11.8 Å². The van der Waals surface area contributed by atoms with Gasteiger partial charge < -0.3 is 14.5 Å². The lowest BCUT2D eigenvalue weighted by Gasteiger charge is -2.07. The van der Waals surface area contributed by atoms with Crippen molar-refractivity contribution in [2.24, 2.45) is 0 Å². The van der Waals surface area contributed by atoms with Crippen LogP contribution in [0.3, 0.4) is 0 Å². The molecule has 0 aromatic carbocycles. The number of aromatic nitrogens is 1. The maximum absolute atomic E-state index is 11.9. The summed E-state index contributed by atoms with van der Waals surface area (Å²) in [6, 6.07) is 1.95. The molecule has 0 fully saturated rings. The molecule has 0 unspecified atom stereocenters. The Morgan fingerprint density at radius 1 is 1.50 bits per heavy atom. The minimum atomic E-state index is -0.0437. The van der Waals surface area contributed by atoms with Crippen LogP contribution in [0.25, 0.3) is 11.5 Å². The minimum absolute atomic E-state index is 0.0437. The molecule has 2 aromatic heterocycles. The van der Waals surface area contributed by atoms with E-state index in [-0.39, 0.29) is 18.4 Å². The first-order valence-corrected chi connectivity index (χ1v) is 8.37. The van der Waals surface area contributed by atoms with E-state index in [2.05, 4.69) is 10.3 Å². The number of rotatable bonds is 8. The first-order chi connectivity index (χ1) is 10.6. The predicted molar refractivity (Wildman–Crippen MR) is 87.0 cm³/mol. The summed E-state index contributed by atoms with van der Waals surface area (Å²) in [7, 11) is 0. The van der Waals surface area contributed by atoms with E-state index in [4.69, 9.17) is 9.15 Å². The van der Waals surface area contributed by atoms with Crippen molar-refractivity contribution < 1.29 is 13.9 Å². The predicted octanol–water partition coefficient (Wildman–Crippen LogP) is 3.19. The van der Waals surface area contributed by atoms with Gasteiger partial charge in [0.1, 0.15) is 5.76 Å². The zero-order valence-electron chi connectivity index (χ0n) is 13.2. The number of ether oxygens (including phenoxy) is 1. The van der Waals surface area contributed by atoms with Crippen LogP contribution in [0.4, 0.5) is 0 Å². The number of thiophene rings is 1. The lowest BCUT2D eigenvalue weighted by atomic mass is 10.2. The number of nitrogens with one attached hydrogen (secondary N) is 1. The van der Waals surface area contributed by atoms with E-state index in [0.29, 0.717) is 30.5 Å². The Hall–Kier alpha value is -1.66. The molecule has 0 aliphatic carbocycles. The SMILES string of the molecule is Cc1oc(-c2ccsc2)nc1CC(=O)NCCCOC(C)C. The quantitative estimate of drug-likeness (QED) is 0.758. The molecule has 0 spiro atoms. The van der Waals surface area contributed by atoms with Crippen molar-refractivity contribution in [3.05, 3.63) is 28.3 Å². The van der Waals surface area contributed by atoms with Crippen molar-refractivity contribution in [2.45, 2.75) is 39.7 Å². The largest absolute Gasteiger partial charge is 0.441 e. The van der Waals surface area contributed by atoms with E-state index in [9.17, 15) is 4.79 Å². The summed E-state index contributed by atoms with van der Waals surface area (Å²) in [6.45, 7) is 7.10. The Balaban J connectivity index is 1.79. The van der Waals surface area contributed by atoms with Crippen LogP contribution in [0.1, 0.15) is 31.7 Å². The van der Waals surface area contributed by atoms with Gasteiger partial charge in [0.25, 0.3) is 0 Å². The number of oxazole rings is 1. The number of nitrogens with zero attached hydrogens (tertiary/aromatic N) is 1. The second kappa shape index (κ2) is 8.10. The third kappa shape index (κ3) is 4.96. The molecule has 0 radical (unpaired) electrons. The van der Waals surface area contributed by atoms with Crippen molar-refractivity contribution in [3.8, 4) is 11.5 Å². The molecule has 6 heteroatoms. The van der Waals surface area contributed by atoms with E-state index in [1.165, 1.54) is 0 Å². The third-order valence-electron chi connectivity index (χ3n) is 3.08. The van der Waals surface area contributed by atoms with Gasteiger partial charge in [0.05, 0.1) is 18.2 Å². The lowest BCUT2D eigenvalue weighted by molar-refractivity contribution is -0.120. The van der Waals surface area contributed by atoms with Gasteiger partial charge >= 0.3 is 0 Å².